The molecule has 1 aliphatic heterocycles. The van der Waals surface area contributed by atoms with Crippen LogP contribution in [0.25, 0.3) is 10.9 Å². The van der Waals surface area contributed by atoms with Crippen LogP contribution in [0.3, 0.4) is 0 Å². The molecule has 4 nitrogen and oxygen atoms in total. The highest BCUT2D eigenvalue weighted by atomic mass is 79.9. The van der Waals surface area contributed by atoms with E-state index in [1.165, 1.54) is 36.6 Å². The Labute approximate surface area is 139 Å². The number of β-amino-alcohol motifs (C(OH)–C–C–N with tert-alkyl or cyclic N) is 1. The van der Waals surface area contributed by atoms with Crippen molar-refractivity contribution < 1.29 is 5.11 Å². The van der Waals surface area contributed by atoms with Crippen molar-refractivity contribution in [1.29, 1.82) is 0 Å². The molecular weight excluding hydrogens is 342 g/mol. The summed E-state index contributed by atoms with van der Waals surface area (Å²) < 4.78 is 3.34. The van der Waals surface area contributed by atoms with Gasteiger partial charge in [0.2, 0.25) is 0 Å². The van der Waals surface area contributed by atoms with Gasteiger partial charge in [0, 0.05) is 29.0 Å². The van der Waals surface area contributed by atoms with E-state index in [-0.39, 0.29) is 6.10 Å². The molecular formula is C17H22BrN3O. The van der Waals surface area contributed by atoms with Crippen molar-refractivity contribution >= 4 is 26.8 Å². The van der Waals surface area contributed by atoms with Gasteiger partial charge in [-0.1, -0.05) is 22.0 Å². The summed E-state index contributed by atoms with van der Waals surface area (Å²) in [5.74, 6) is 0. The van der Waals surface area contributed by atoms with Gasteiger partial charge in [0.05, 0.1) is 23.9 Å². The fraction of sp³-hybridized carbons (Fsp3) is 0.588. The van der Waals surface area contributed by atoms with E-state index in [9.17, 15) is 5.11 Å². The van der Waals surface area contributed by atoms with Crippen LogP contribution < -0.4 is 0 Å². The molecule has 1 saturated heterocycles. The number of benzene rings is 1. The van der Waals surface area contributed by atoms with E-state index < -0.39 is 0 Å². The summed E-state index contributed by atoms with van der Waals surface area (Å²) in [5, 5.41) is 15.6. The number of likely N-dealkylation sites (tertiary alicyclic amines) is 1. The Morgan fingerprint density at radius 1 is 1.09 bits per heavy atom. The zero-order chi connectivity index (χ0) is 15.1. The Balaban J connectivity index is 1.48. The number of fused-ring (bicyclic) bond motifs is 1. The van der Waals surface area contributed by atoms with Crippen LogP contribution in [0.1, 0.15) is 38.1 Å². The maximum absolute atomic E-state index is 9.72. The van der Waals surface area contributed by atoms with Crippen LogP contribution in [0.2, 0.25) is 0 Å². The highest BCUT2D eigenvalue weighted by Gasteiger charge is 2.31. The predicted octanol–water partition coefficient (Wildman–Crippen LogP) is 3.35. The topological polar surface area (TPSA) is 41.3 Å². The zero-order valence-electron chi connectivity index (χ0n) is 12.7. The lowest BCUT2D eigenvalue weighted by Gasteiger charge is -2.34. The molecule has 5 heteroatoms. The Hall–Kier alpha value is -0.910. The molecule has 0 radical (unpaired) electrons. The molecule has 0 spiro atoms. The molecule has 1 aliphatic carbocycles. The van der Waals surface area contributed by atoms with Crippen molar-refractivity contribution in [3.05, 3.63) is 28.9 Å². The maximum Gasteiger partial charge on any atom is 0.0697 e. The van der Waals surface area contributed by atoms with E-state index >= 15 is 0 Å². The van der Waals surface area contributed by atoms with E-state index in [2.05, 4.69) is 48.8 Å². The molecule has 1 atom stereocenters. The molecule has 2 fully saturated rings. The first-order valence-electron chi connectivity index (χ1n) is 8.26. The molecule has 22 heavy (non-hydrogen) atoms. The summed E-state index contributed by atoms with van der Waals surface area (Å²) in [4.78, 5) is 2.48. The molecule has 118 valence electrons. The standard InChI is InChI=1S/C17H22BrN3O/c18-16-2-1-3-17-15(16)10-19-21(17)13-6-4-12(5-7-13)20-9-8-14(22)11-20/h1-3,10,12-14,22H,4-9,11H2/t12?,13?,14-/m1/s1. The van der Waals surface area contributed by atoms with Gasteiger partial charge in [-0.15, -0.1) is 0 Å². The predicted molar refractivity (Wildman–Crippen MR) is 90.9 cm³/mol. The highest BCUT2D eigenvalue weighted by molar-refractivity contribution is 9.10. The van der Waals surface area contributed by atoms with Gasteiger partial charge in [-0.05, 0) is 44.2 Å². The number of nitrogens with zero attached hydrogens (tertiary/aromatic N) is 3. The van der Waals surface area contributed by atoms with Gasteiger partial charge in [-0.3, -0.25) is 9.58 Å². The second kappa shape index (κ2) is 5.95. The molecule has 1 saturated carbocycles. The van der Waals surface area contributed by atoms with E-state index in [1.54, 1.807) is 0 Å². The molecule has 1 aromatic heterocycles. The molecule has 1 N–H and O–H groups in total. The first-order valence-corrected chi connectivity index (χ1v) is 9.05. The van der Waals surface area contributed by atoms with E-state index in [4.69, 9.17) is 0 Å². The molecule has 1 aromatic carbocycles. The number of aliphatic hydroxyl groups excluding tert-OH is 1. The third-order valence-electron chi connectivity index (χ3n) is 5.31. The van der Waals surface area contributed by atoms with Crippen LogP contribution in [0.5, 0.6) is 0 Å². The lowest BCUT2D eigenvalue weighted by atomic mass is 9.90. The van der Waals surface area contributed by atoms with E-state index in [0.717, 1.165) is 24.0 Å². The number of hydrogen-bond donors (Lipinski definition) is 1. The molecule has 4 rings (SSSR count). The van der Waals surface area contributed by atoms with Crippen LogP contribution in [0, 0.1) is 0 Å². The summed E-state index contributed by atoms with van der Waals surface area (Å²) in [7, 11) is 0. The molecule has 0 bridgehead atoms. The number of rotatable bonds is 2. The smallest absolute Gasteiger partial charge is 0.0697 e. The normalized spacial score (nSPS) is 30.2. The average Bonchev–Trinajstić information content (AvgIpc) is 3.15. The fourth-order valence-corrected chi connectivity index (χ4v) is 4.55. The van der Waals surface area contributed by atoms with E-state index in [0.29, 0.717) is 12.1 Å². The van der Waals surface area contributed by atoms with Gasteiger partial charge < -0.3 is 5.11 Å². The van der Waals surface area contributed by atoms with Crippen molar-refractivity contribution in [1.82, 2.24) is 14.7 Å². The number of aliphatic hydroxyl groups is 1. The summed E-state index contributed by atoms with van der Waals surface area (Å²) in [5.41, 5.74) is 1.23. The first-order chi connectivity index (χ1) is 10.7. The van der Waals surface area contributed by atoms with Gasteiger partial charge in [0.15, 0.2) is 0 Å². The quantitative estimate of drug-likeness (QED) is 0.889. The van der Waals surface area contributed by atoms with Crippen molar-refractivity contribution in [2.24, 2.45) is 0 Å². The lowest BCUT2D eigenvalue weighted by molar-refractivity contribution is 0.130. The van der Waals surface area contributed by atoms with Crippen molar-refractivity contribution in [2.75, 3.05) is 13.1 Å². The van der Waals surface area contributed by atoms with Gasteiger partial charge in [-0.25, -0.2) is 0 Å². The second-order valence-corrected chi connectivity index (χ2v) is 7.52. The van der Waals surface area contributed by atoms with Gasteiger partial charge in [0.1, 0.15) is 0 Å². The molecule has 0 unspecified atom stereocenters. The van der Waals surface area contributed by atoms with Crippen molar-refractivity contribution in [3.8, 4) is 0 Å². The summed E-state index contributed by atoms with van der Waals surface area (Å²) in [6.45, 7) is 1.93. The van der Waals surface area contributed by atoms with Crippen LogP contribution in [-0.2, 0) is 0 Å². The van der Waals surface area contributed by atoms with Gasteiger partial charge in [-0.2, -0.15) is 5.10 Å². The largest absolute Gasteiger partial charge is 0.392 e. The lowest BCUT2D eigenvalue weighted by Crippen LogP contribution is -2.37. The Bertz CT molecular complexity index is 663. The van der Waals surface area contributed by atoms with Gasteiger partial charge >= 0.3 is 0 Å². The van der Waals surface area contributed by atoms with Crippen molar-refractivity contribution in [3.63, 3.8) is 0 Å². The average molecular weight is 364 g/mol. The summed E-state index contributed by atoms with van der Waals surface area (Å²) in [6.07, 6.45) is 7.60. The minimum atomic E-state index is -0.106. The first kappa shape index (κ1) is 14.7. The second-order valence-electron chi connectivity index (χ2n) is 6.66. The maximum atomic E-state index is 9.72. The monoisotopic (exact) mass is 363 g/mol. The van der Waals surface area contributed by atoms with Crippen LogP contribution in [0.15, 0.2) is 28.9 Å². The summed E-state index contributed by atoms with van der Waals surface area (Å²) in [6, 6.07) is 7.49. The summed E-state index contributed by atoms with van der Waals surface area (Å²) >= 11 is 3.61. The number of halogens is 1. The zero-order valence-corrected chi connectivity index (χ0v) is 14.2. The van der Waals surface area contributed by atoms with Crippen molar-refractivity contribution in [2.45, 2.75) is 50.3 Å². The van der Waals surface area contributed by atoms with Crippen LogP contribution >= 0.6 is 15.9 Å². The molecule has 2 aliphatic rings. The molecule has 2 heterocycles. The minimum Gasteiger partial charge on any atom is -0.392 e. The fourth-order valence-electron chi connectivity index (χ4n) is 4.09. The van der Waals surface area contributed by atoms with E-state index in [1.807, 2.05) is 6.20 Å². The molecule has 2 aromatic rings. The molecule has 0 amide bonds. The van der Waals surface area contributed by atoms with Gasteiger partial charge in [0.25, 0.3) is 0 Å². The number of hydrogen-bond acceptors (Lipinski definition) is 3. The van der Waals surface area contributed by atoms with Crippen LogP contribution in [0.4, 0.5) is 0 Å². The third-order valence-corrected chi connectivity index (χ3v) is 6.00. The Morgan fingerprint density at radius 2 is 1.86 bits per heavy atom. The number of aromatic nitrogens is 2. The Kier molecular flexibility index (Phi) is 3.96. The highest BCUT2D eigenvalue weighted by Crippen LogP contribution is 2.35. The third kappa shape index (κ3) is 2.59. The minimum absolute atomic E-state index is 0.106. The SMILES string of the molecule is O[C@@H]1CCN(C2CCC(n3ncc4c(Br)cccc43)CC2)C1. The van der Waals surface area contributed by atoms with Crippen LogP contribution in [-0.4, -0.2) is 45.0 Å². The Morgan fingerprint density at radius 3 is 2.59 bits per heavy atom.